The Morgan fingerprint density at radius 1 is 1.14 bits per heavy atom. The van der Waals surface area contributed by atoms with Crippen LogP contribution in [0, 0.1) is 0 Å². The number of pyridine rings is 1. The molecule has 0 atom stereocenters. The number of rotatable bonds is 8. The summed E-state index contributed by atoms with van der Waals surface area (Å²) in [4.78, 5) is 36.0. The van der Waals surface area contributed by atoms with Gasteiger partial charge >= 0.3 is 0 Å². The van der Waals surface area contributed by atoms with Crippen molar-refractivity contribution >= 4 is 28.6 Å². The Morgan fingerprint density at radius 3 is 2.57 bits per heavy atom. The standard InChI is InChI=1S/C21H20N4O2S/c1-3-12-24(13-4-2)19(26)15-28-21-23-18-10-6-5-9-17(18)20(27)25(21)16-8-7-11-22-14-16/h3-11,14H,1-2,12-13,15H2. The van der Waals surface area contributed by atoms with Crippen molar-refractivity contribution in [1.29, 1.82) is 0 Å². The fourth-order valence-corrected chi connectivity index (χ4v) is 3.65. The summed E-state index contributed by atoms with van der Waals surface area (Å²) < 4.78 is 1.50. The molecule has 0 saturated carbocycles. The van der Waals surface area contributed by atoms with Crippen molar-refractivity contribution in [1.82, 2.24) is 19.4 Å². The highest BCUT2D eigenvalue weighted by Gasteiger charge is 2.17. The maximum absolute atomic E-state index is 13.1. The SMILES string of the molecule is C=CCN(CC=C)C(=O)CSc1nc2ccccc2c(=O)n1-c1cccnc1. The minimum atomic E-state index is -0.192. The molecule has 0 spiro atoms. The summed E-state index contributed by atoms with van der Waals surface area (Å²) in [5.74, 6) is 0.0668. The highest BCUT2D eigenvalue weighted by atomic mass is 32.2. The van der Waals surface area contributed by atoms with Gasteiger partial charge in [-0.1, -0.05) is 36.0 Å². The summed E-state index contributed by atoms with van der Waals surface area (Å²) in [5.41, 5.74) is 1.01. The lowest BCUT2D eigenvalue weighted by Gasteiger charge is -2.19. The van der Waals surface area contributed by atoms with Crippen LogP contribution in [0.15, 0.2) is 84.1 Å². The second-order valence-corrected chi connectivity index (χ2v) is 6.87. The van der Waals surface area contributed by atoms with E-state index in [0.29, 0.717) is 34.8 Å². The summed E-state index contributed by atoms with van der Waals surface area (Å²) in [7, 11) is 0. The van der Waals surface area contributed by atoms with Gasteiger partial charge in [0.2, 0.25) is 5.91 Å². The molecule has 7 heteroatoms. The van der Waals surface area contributed by atoms with E-state index in [0.717, 1.165) is 0 Å². The predicted molar refractivity (Wildman–Crippen MR) is 113 cm³/mol. The molecule has 1 aromatic carbocycles. The Hall–Kier alpha value is -3.19. The highest BCUT2D eigenvalue weighted by molar-refractivity contribution is 7.99. The molecular formula is C21H20N4O2S. The highest BCUT2D eigenvalue weighted by Crippen LogP contribution is 2.21. The number of hydrogen-bond acceptors (Lipinski definition) is 5. The van der Waals surface area contributed by atoms with Crippen LogP contribution in [0.1, 0.15) is 0 Å². The van der Waals surface area contributed by atoms with Crippen LogP contribution in [0.3, 0.4) is 0 Å². The van der Waals surface area contributed by atoms with Gasteiger partial charge in [-0.15, -0.1) is 13.2 Å². The Bertz CT molecular complexity index is 1050. The van der Waals surface area contributed by atoms with Gasteiger partial charge in [0.15, 0.2) is 5.16 Å². The molecule has 0 aliphatic carbocycles. The number of benzene rings is 1. The fraction of sp³-hybridized carbons (Fsp3) is 0.143. The lowest BCUT2D eigenvalue weighted by atomic mass is 10.2. The molecule has 0 unspecified atom stereocenters. The third-order valence-electron chi connectivity index (χ3n) is 4.03. The van der Waals surface area contributed by atoms with E-state index in [9.17, 15) is 9.59 Å². The average Bonchev–Trinajstić information content (AvgIpc) is 2.72. The third kappa shape index (κ3) is 4.20. The molecule has 2 aromatic heterocycles. The molecule has 0 aliphatic rings. The van der Waals surface area contributed by atoms with Crippen LogP contribution >= 0.6 is 11.8 Å². The van der Waals surface area contributed by atoms with Crippen LogP contribution in [0.4, 0.5) is 0 Å². The summed E-state index contributed by atoms with van der Waals surface area (Å²) in [6, 6.07) is 10.7. The van der Waals surface area contributed by atoms with Crippen molar-refractivity contribution in [2.45, 2.75) is 5.16 Å². The van der Waals surface area contributed by atoms with Gasteiger partial charge in [0.05, 0.1) is 28.5 Å². The number of para-hydroxylation sites is 1. The first-order valence-corrected chi connectivity index (χ1v) is 9.69. The molecule has 0 radical (unpaired) electrons. The monoisotopic (exact) mass is 392 g/mol. The quantitative estimate of drug-likeness (QED) is 0.335. The molecule has 0 N–H and O–H groups in total. The van der Waals surface area contributed by atoms with E-state index in [-0.39, 0.29) is 17.2 Å². The van der Waals surface area contributed by atoms with Crippen LogP contribution in [0.5, 0.6) is 0 Å². The largest absolute Gasteiger partial charge is 0.335 e. The maximum atomic E-state index is 13.1. The van der Waals surface area contributed by atoms with Gasteiger partial charge in [-0.3, -0.25) is 19.1 Å². The number of thioether (sulfide) groups is 1. The molecule has 28 heavy (non-hydrogen) atoms. The molecule has 0 saturated heterocycles. The normalized spacial score (nSPS) is 10.6. The fourth-order valence-electron chi connectivity index (χ4n) is 2.73. The number of carbonyl (C=O) groups excluding carboxylic acids is 1. The second kappa shape index (κ2) is 9.14. The summed E-state index contributed by atoms with van der Waals surface area (Å²) >= 11 is 1.22. The molecule has 0 bridgehead atoms. The lowest BCUT2D eigenvalue weighted by Crippen LogP contribution is -2.33. The van der Waals surface area contributed by atoms with Crippen LogP contribution in [0.2, 0.25) is 0 Å². The Balaban J connectivity index is 2.00. The molecule has 3 aromatic rings. The first-order chi connectivity index (χ1) is 13.7. The van der Waals surface area contributed by atoms with E-state index in [1.54, 1.807) is 59.8 Å². The minimum Gasteiger partial charge on any atom is -0.335 e. The average molecular weight is 392 g/mol. The van der Waals surface area contributed by atoms with Gasteiger partial charge in [-0.2, -0.15) is 0 Å². The molecule has 1 amide bonds. The molecule has 3 rings (SSSR count). The van der Waals surface area contributed by atoms with Crippen LogP contribution in [-0.2, 0) is 4.79 Å². The predicted octanol–water partition coefficient (Wildman–Crippen LogP) is 3.07. The van der Waals surface area contributed by atoms with E-state index in [4.69, 9.17) is 0 Å². The van der Waals surface area contributed by atoms with E-state index in [1.165, 1.54) is 16.3 Å². The van der Waals surface area contributed by atoms with Crippen LogP contribution in [-0.4, -0.2) is 44.2 Å². The molecule has 6 nitrogen and oxygen atoms in total. The molecular weight excluding hydrogens is 372 g/mol. The van der Waals surface area contributed by atoms with Gasteiger partial charge in [0.1, 0.15) is 0 Å². The topological polar surface area (TPSA) is 68.1 Å². The smallest absolute Gasteiger partial charge is 0.266 e. The van der Waals surface area contributed by atoms with Crippen molar-refractivity contribution < 1.29 is 4.79 Å². The summed E-state index contributed by atoms with van der Waals surface area (Å²) in [5, 5.41) is 0.962. The third-order valence-corrected chi connectivity index (χ3v) is 4.95. The molecule has 142 valence electrons. The van der Waals surface area contributed by atoms with Gasteiger partial charge in [0, 0.05) is 19.3 Å². The van der Waals surface area contributed by atoms with E-state index in [1.807, 2.05) is 6.07 Å². The van der Waals surface area contributed by atoms with E-state index < -0.39 is 0 Å². The number of hydrogen-bond donors (Lipinski definition) is 0. The van der Waals surface area contributed by atoms with Gasteiger partial charge in [0.25, 0.3) is 5.56 Å². The van der Waals surface area contributed by atoms with Crippen molar-refractivity contribution in [3.8, 4) is 5.69 Å². The number of nitrogens with zero attached hydrogens (tertiary/aromatic N) is 4. The number of carbonyl (C=O) groups is 1. The van der Waals surface area contributed by atoms with Crippen molar-refractivity contribution in [3.05, 3.63) is 84.5 Å². The van der Waals surface area contributed by atoms with Gasteiger partial charge in [-0.05, 0) is 24.3 Å². The van der Waals surface area contributed by atoms with Crippen LogP contribution < -0.4 is 5.56 Å². The van der Waals surface area contributed by atoms with E-state index in [2.05, 4.69) is 23.1 Å². The molecule has 0 fully saturated rings. The van der Waals surface area contributed by atoms with Gasteiger partial charge < -0.3 is 4.90 Å². The first kappa shape index (κ1) is 19.6. The summed E-state index contributed by atoms with van der Waals surface area (Å²) in [6.07, 6.45) is 6.59. The number of aromatic nitrogens is 3. The minimum absolute atomic E-state index is 0.0788. The van der Waals surface area contributed by atoms with E-state index >= 15 is 0 Å². The zero-order valence-electron chi connectivity index (χ0n) is 15.3. The first-order valence-electron chi connectivity index (χ1n) is 8.70. The summed E-state index contributed by atoms with van der Waals surface area (Å²) in [6.45, 7) is 8.24. The van der Waals surface area contributed by atoms with Crippen molar-refractivity contribution in [2.24, 2.45) is 0 Å². The zero-order valence-corrected chi connectivity index (χ0v) is 16.1. The van der Waals surface area contributed by atoms with Gasteiger partial charge in [-0.25, -0.2) is 4.98 Å². The Morgan fingerprint density at radius 2 is 1.89 bits per heavy atom. The Kier molecular flexibility index (Phi) is 6.39. The molecule has 2 heterocycles. The maximum Gasteiger partial charge on any atom is 0.266 e. The van der Waals surface area contributed by atoms with Crippen molar-refractivity contribution in [3.63, 3.8) is 0 Å². The number of fused-ring (bicyclic) bond motifs is 1. The zero-order chi connectivity index (χ0) is 19.9. The lowest BCUT2D eigenvalue weighted by molar-refractivity contribution is -0.127. The van der Waals surface area contributed by atoms with Crippen LogP contribution in [0.25, 0.3) is 16.6 Å². The van der Waals surface area contributed by atoms with Crippen molar-refractivity contribution in [2.75, 3.05) is 18.8 Å². The number of amides is 1. The second-order valence-electron chi connectivity index (χ2n) is 5.93. The molecule has 0 aliphatic heterocycles. The Labute approximate surface area is 167 Å².